The summed E-state index contributed by atoms with van der Waals surface area (Å²) < 4.78 is 10.2. The van der Waals surface area contributed by atoms with Gasteiger partial charge in [0.1, 0.15) is 11.5 Å². The lowest BCUT2D eigenvalue weighted by Gasteiger charge is -2.15. The molecule has 0 fully saturated rings. The zero-order chi connectivity index (χ0) is 12.8. The number of hydrogen-bond acceptors (Lipinski definition) is 5. The van der Waals surface area contributed by atoms with E-state index < -0.39 is 6.10 Å². The van der Waals surface area contributed by atoms with Crippen LogP contribution < -0.4 is 14.8 Å². The van der Waals surface area contributed by atoms with Crippen LogP contribution in [0.3, 0.4) is 0 Å². The molecule has 1 rings (SSSR count). The first kappa shape index (κ1) is 13.9. The van der Waals surface area contributed by atoms with Gasteiger partial charge in [0.25, 0.3) is 0 Å². The van der Waals surface area contributed by atoms with Gasteiger partial charge in [-0.25, -0.2) is 0 Å². The third-order valence-electron chi connectivity index (χ3n) is 2.21. The number of rotatable bonds is 6. The molecule has 1 atom stereocenters. The lowest BCUT2D eigenvalue weighted by atomic mass is 10.2. The average Bonchev–Trinajstić information content (AvgIpc) is 2.35. The van der Waals surface area contributed by atoms with E-state index in [0.717, 1.165) is 0 Å². The molecule has 0 saturated carbocycles. The van der Waals surface area contributed by atoms with Crippen molar-refractivity contribution in [2.75, 3.05) is 32.7 Å². The van der Waals surface area contributed by atoms with E-state index in [4.69, 9.17) is 26.2 Å². The van der Waals surface area contributed by atoms with Gasteiger partial charge in [-0.15, -0.1) is 0 Å². The Morgan fingerprint density at radius 2 is 1.94 bits per heavy atom. The second-order valence-corrected chi connectivity index (χ2v) is 3.81. The normalized spacial score (nSPS) is 12.1. The van der Waals surface area contributed by atoms with Crippen LogP contribution in [0.1, 0.15) is 0 Å². The predicted octanol–water partition coefficient (Wildman–Crippen LogP) is 1.12. The molecule has 5 nitrogen and oxygen atoms in total. The van der Waals surface area contributed by atoms with Gasteiger partial charge in [0.15, 0.2) is 0 Å². The van der Waals surface area contributed by atoms with Gasteiger partial charge in [0.2, 0.25) is 0 Å². The zero-order valence-electron chi connectivity index (χ0n) is 9.74. The minimum atomic E-state index is -0.833. The fraction of sp³-hybridized carbons (Fsp3) is 0.455. The summed E-state index contributed by atoms with van der Waals surface area (Å²) in [6, 6.07) is 3.29. The highest BCUT2D eigenvalue weighted by molar-refractivity contribution is 6.32. The molecule has 0 bridgehead atoms. The fourth-order valence-electron chi connectivity index (χ4n) is 1.29. The summed E-state index contributed by atoms with van der Waals surface area (Å²) in [5.41, 5.74) is 0.630. The Morgan fingerprint density at radius 3 is 2.47 bits per heavy atom. The van der Waals surface area contributed by atoms with Gasteiger partial charge in [0, 0.05) is 12.6 Å². The number of halogens is 1. The number of benzene rings is 1. The van der Waals surface area contributed by atoms with Crippen molar-refractivity contribution in [3.63, 3.8) is 0 Å². The molecule has 0 aromatic heterocycles. The molecule has 0 radical (unpaired) electrons. The zero-order valence-corrected chi connectivity index (χ0v) is 10.5. The van der Waals surface area contributed by atoms with Crippen LogP contribution in [-0.2, 0) is 0 Å². The standard InChI is InChI=1S/C11H16ClNO4/c1-16-10-4-11(17-2)9(3-8(10)12)13-5-7(15)6-14/h3-4,7,13-15H,5-6H2,1-2H3/t7-/m1/s1. The highest BCUT2D eigenvalue weighted by Crippen LogP contribution is 2.35. The quantitative estimate of drug-likeness (QED) is 0.716. The predicted molar refractivity (Wildman–Crippen MR) is 66.1 cm³/mol. The number of anilines is 1. The molecule has 1 aromatic carbocycles. The molecule has 17 heavy (non-hydrogen) atoms. The van der Waals surface area contributed by atoms with E-state index in [1.54, 1.807) is 12.1 Å². The first-order valence-electron chi connectivity index (χ1n) is 5.06. The summed E-state index contributed by atoms with van der Waals surface area (Å²) in [5.74, 6) is 1.06. The Labute approximate surface area is 105 Å². The highest BCUT2D eigenvalue weighted by atomic mass is 35.5. The van der Waals surface area contributed by atoms with Gasteiger partial charge in [0.05, 0.1) is 37.6 Å². The van der Waals surface area contributed by atoms with Crippen molar-refractivity contribution in [3.05, 3.63) is 17.2 Å². The number of ether oxygens (including phenoxy) is 2. The minimum Gasteiger partial charge on any atom is -0.495 e. The highest BCUT2D eigenvalue weighted by Gasteiger charge is 2.10. The Hall–Kier alpha value is -1.17. The van der Waals surface area contributed by atoms with Crippen LogP contribution in [0, 0.1) is 0 Å². The molecule has 0 aliphatic carbocycles. The Morgan fingerprint density at radius 1 is 1.29 bits per heavy atom. The molecule has 96 valence electrons. The third kappa shape index (κ3) is 3.66. The van der Waals surface area contributed by atoms with Crippen LogP contribution in [0.2, 0.25) is 5.02 Å². The summed E-state index contributed by atoms with van der Waals surface area (Å²) in [5, 5.41) is 21.3. The molecule has 0 unspecified atom stereocenters. The molecule has 1 aromatic rings. The molecule has 6 heteroatoms. The van der Waals surface area contributed by atoms with Gasteiger partial charge in [-0.1, -0.05) is 11.6 Å². The van der Waals surface area contributed by atoms with Gasteiger partial charge in [-0.05, 0) is 6.07 Å². The topological polar surface area (TPSA) is 71.0 Å². The average molecular weight is 262 g/mol. The van der Waals surface area contributed by atoms with E-state index in [2.05, 4.69) is 5.32 Å². The molecular weight excluding hydrogens is 246 g/mol. The van der Waals surface area contributed by atoms with E-state index in [9.17, 15) is 5.11 Å². The first-order chi connectivity index (χ1) is 8.12. The second-order valence-electron chi connectivity index (χ2n) is 3.40. The van der Waals surface area contributed by atoms with Crippen LogP contribution in [-0.4, -0.2) is 43.7 Å². The molecule has 3 N–H and O–H groups in total. The van der Waals surface area contributed by atoms with Crippen molar-refractivity contribution >= 4 is 17.3 Å². The van der Waals surface area contributed by atoms with Gasteiger partial charge in [-0.2, -0.15) is 0 Å². The van der Waals surface area contributed by atoms with Crippen molar-refractivity contribution < 1.29 is 19.7 Å². The molecule has 0 amide bonds. The fourth-order valence-corrected chi connectivity index (χ4v) is 1.53. The van der Waals surface area contributed by atoms with Crippen molar-refractivity contribution in [2.45, 2.75) is 6.10 Å². The lowest BCUT2D eigenvalue weighted by molar-refractivity contribution is 0.105. The second kappa shape index (κ2) is 6.54. The third-order valence-corrected chi connectivity index (χ3v) is 2.51. The van der Waals surface area contributed by atoms with Crippen molar-refractivity contribution in [2.24, 2.45) is 0 Å². The first-order valence-corrected chi connectivity index (χ1v) is 5.44. The molecule has 0 aliphatic rings. The maximum absolute atomic E-state index is 9.24. The van der Waals surface area contributed by atoms with Gasteiger partial charge >= 0.3 is 0 Å². The molecule has 0 saturated heterocycles. The van der Waals surface area contributed by atoms with E-state index in [1.165, 1.54) is 14.2 Å². The summed E-state index contributed by atoms with van der Waals surface area (Å²) in [6.45, 7) is -0.102. The number of hydrogen-bond donors (Lipinski definition) is 3. The van der Waals surface area contributed by atoms with Gasteiger partial charge < -0.3 is 25.0 Å². The molecule has 0 spiro atoms. The summed E-state index contributed by atoms with van der Waals surface area (Å²) in [4.78, 5) is 0. The molecular formula is C11H16ClNO4. The summed E-state index contributed by atoms with van der Waals surface area (Å²) in [6.07, 6.45) is -0.833. The number of aliphatic hydroxyl groups excluding tert-OH is 2. The van der Waals surface area contributed by atoms with Crippen molar-refractivity contribution in [3.8, 4) is 11.5 Å². The van der Waals surface area contributed by atoms with Crippen molar-refractivity contribution in [1.82, 2.24) is 0 Å². The largest absolute Gasteiger partial charge is 0.495 e. The smallest absolute Gasteiger partial charge is 0.145 e. The number of aliphatic hydroxyl groups is 2. The molecule has 0 heterocycles. The maximum atomic E-state index is 9.24. The maximum Gasteiger partial charge on any atom is 0.145 e. The summed E-state index contributed by atoms with van der Waals surface area (Å²) in [7, 11) is 3.04. The minimum absolute atomic E-state index is 0.204. The van der Waals surface area contributed by atoms with Crippen LogP contribution in [0.25, 0.3) is 0 Å². The Bertz CT molecular complexity index is 373. The van der Waals surface area contributed by atoms with E-state index in [-0.39, 0.29) is 13.2 Å². The number of methoxy groups -OCH3 is 2. The van der Waals surface area contributed by atoms with Crippen molar-refractivity contribution in [1.29, 1.82) is 0 Å². The Balaban J connectivity index is 2.87. The van der Waals surface area contributed by atoms with Crippen LogP contribution in [0.15, 0.2) is 12.1 Å². The Kier molecular flexibility index (Phi) is 5.34. The molecule has 0 aliphatic heterocycles. The van der Waals surface area contributed by atoms with Crippen LogP contribution in [0.5, 0.6) is 11.5 Å². The van der Waals surface area contributed by atoms with Crippen LogP contribution in [0.4, 0.5) is 5.69 Å². The SMILES string of the molecule is COc1cc(OC)c(NC[C@@H](O)CO)cc1Cl. The lowest BCUT2D eigenvalue weighted by Crippen LogP contribution is -2.23. The van der Waals surface area contributed by atoms with E-state index >= 15 is 0 Å². The monoisotopic (exact) mass is 261 g/mol. The van der Waals surface area contributed by atoms with E-state index in [0.29, 0.717) is 22.2 Å². The summed E-state index contributed by atoms with van der Waals surface area (Å²) >= 11 is 5.98. The number of nitrogens with one attached hydrogen (secondary N) is 1. The van der Waals surface area contributed by atoms with Gasteiger partial charge in [-0.3, -0.25) is 0 Å². The van der Waals surface area contributed by atoms with Crippen LogP contribution >= 0.6 is 11.6 Å². The van der Waals surface area contributed by atoms with E-state index in [1.807, 2.05) is 0 Å².